The van der Waals surface area contributed by atoms with Gasteiger partial charge in [0.2, 0.25) is 11.8 Å². The molecule has 4 atom stereocenters. The number of pyridine rings is 1. The van der Waals surface area contributed by atoms with Crippen LogP contribution in [0.3, 0.4) is 0 Å². The molecule has 1 saturated heterocycles. The van der Waals surface area contributed by atoms with E-state index in [0.717, 1.165) is 23.2 Å². The Hall–Kier alpha value is -2.81. The van der Waals surface area contributed by atoms with Gasteiger partial charge in [0.1, 0.15) is 23.2 Å². The third-order valence-electron chi connectivity index (χ3n) is 7.75. The third kappa shape index (κ3) is 8.87. The minimum atomic E-state index is -1.03. The predicted octanol–water partition coefficient (Wildman–Crippen LogP) is 3.88. The van der Waals surface area contributed by atoms with Gasteiger partial charge in [0, 0.05) is 23.3 Å². The highest BCUT2D eigenvalue weighted by Crippen LogP contribution is 2.36. The Morgan fingerprint density at radius 2 is 2.02 bits per heavy atom. The van der Waals surface area contributed by atoms with Gasteiger partial charge in [-0.15, -0.1) is 11.3 Å². The van der Waals surface area contributed by atoms with Crippen LogP contribution >= 0.6 is 43.2 Å². The molecule has 0 spiro atoms. The van der Waals surface area contributed by atoms with Gasteiger partial charge < -0.3 is 25.3 Å². The molecule has 3 heterocycles. The SMILES string of the molecule is COC(=O)/C=C/CCC(NC(=O)c1sc(Br)cc1Br)C(=O)Nc1cccn(CC(=O)NC2C3CCCC(C3)CN2C)c1=O. The lowest BCUT2D eigenvalue weighted by Crippen LogP contribution is -2.57. The van der Waals surface area contributed by atoms with Crippen LogP contribution in [0, 0.1) is 11.8 Å². The van der Waals surface area contributed by atoms with Gasteiger partial charge in [-0.25, -0.2) is 4.79 Å². The number of nitrogens with zero attached hydrogens (tertiary/aromatic N) is 2. The molecule has 4 rings (SSSR count). The third-order valence-corrected chi connectivity index (χ3v) is 10.3. The molecular formula is C29H35Br2N5O6S. The van der Waals surface area contributed by atoms with Gasteiger partial charge in [0.05, 0.1) is 17.1 Å². The summed E-state index contributed by atoms with van der Waals surface area (Å²) in [5.41, 5.74) is -0.559. The Labute approximate surface area is 270 Å². The summed E-state index contributed by atoms with van der Waals surface area (Å²) >= 11 is 7.89. The van der Waals surface area contributed by atoms with Crippen molar-refractivity contribution in [3.63, 3.8) is 0 Å². The number of hydrogen-bond acceptors (Lipinski definition) is 8. The van der Waals surface area contributed by atoms with E-state index >= 15 is 0 Å². The summed E-state index contributed by atoms with van der Waals surface area (Å²) in [5.74, 6) is -0.827. The number of methoxy groups -OCH3 is 1. The summed E-state index contributed by atoms with van der Waals surface area (Å²) in [6.07, 6.45) is 9.22. The molecule has 1 aliphatic heterocycles. The number of likely N-dealkylation sites (tertiary alicyclic amines) is 1. The quantitative estimate of drug-likeness (QED) is 0.235. The van der Waals surface area contributed by atoms with Gasteiger partial charge in [-0.1, -0.05) is 12.5 Å². The molecule has 1 aliphatic carbocycles. The van der Waals surface area contributed by atoms with E-state index in [2.05, 4.69) is 57.4 Å². The fraction of sp³-hybridized carbons (Fsp3) is 0.483. The first-order valence-corrected chi connectivity index (χ1v) is 16.5. The van der Waals surface area contributed by atoms with E-state index < -0.39 is 29.4 Å². The van der Waals surface area contributed by atoms with Crippen LogP contribution in [0.5, 0.6) is 0 Å². The molecule has 2 aliphatic rings. The van der Waals surface area contributed by atoms with Crippen LogP contribution in [0.25, 0.3) is 0 Å². The van der Waals surface area contributed by atoms with Crippen LogP contribution < -0.4 is 21.5 Å². The summed E-state index contributed by atoms with van der Waals surface area (Å²) < 4.78 is 7.15. The van der Waals surface area contributed by atoms with Crippen molar-refractivity contribution in [2.45, 2.75) is 57.3 Å². The molecule has 0 radical (unpaired) electrons. The Balaban J connectivity index is 1.43. The number of rotatable bonds is 11. The topological polar surface area (TPSA) is 139 Å². The van der Waals surface area contributed by atoms with Crippen molar-refractivity contribution in [3.8, 4) is 0 Å². The van der Waals surface area contributed by atoms with Crippen molar-refractivity contribution in [2.24, 2.45) is 11.8 Å². The highest BCUT2D eigenvalue weighted by atomic mass is 79.9. The number of aromatic nitrogens is 1. The van der Waals surface area contributed by atoms with Crippen molar-refractivity contribution in [1.82, 2.24) is 20.1 Å². The van der Waals surface area contributed by atoms with Crippen LogP contribution in [0.15, 0.2) is 49.6 Å². The molecule has 232 valence electrons. The lowest BCUT2D eigenvalue weighted by Gasteiger charge is -2.46. The summed E-state index contributed by atoms with van der Waals surface area (Å²) in [6.45, 7) is 0.753. The molecular weight excluding hydrogens is 706 g/mol. The van der Waals surface area contributed by atoms with Gasteiger partial charge in [0.25, 0.3) is 11.5 Å². The molecule has 4 unspecified atom stereocenters. The standard InChI is InChI=1S/C29H35Br2N5O6S/c1-35-15-17-7-5-8-18(13-17)26(35)34-23(37)16-36-12-6-10-21(29(36)41)33-27(39)20(9-3-4-11-24(38)42-2)32-28(40)25-19(30)14-22(31)43-25/h4,6,10-12,14,17-18,20,26H,3,5,7-9,13,15-16H2,1-2H3,(H,32,40)(H,33,39)(H,34,37)/b11-4+. The number of thiophene rings is 1. The number of hydrogen-bond donors (Lipinski definition) is 3. The van der Waals surface area contributed by atoms with Gasteiger partial charge in [-0.3, -0.25) is 24.1 Å². The van der Waals surface area contributed by atoms with E-state index in [9.17, 15) is 24.0 Å². The van der Waals surface area contributed by atoms with Gasteiger partial charge in [-0.05, 0) is 101 Å². The molecule has 43 heavy (non-hydrogen) atoms. The average Bonchev–Trinajstić information content (AvgIpc) is 3.32. The number of fused-ring (bicyclic) bond motifs is 2. The zero-order chi connectivity index (χ0) is 31.1. The molecule has 1 saturated carbocycles. The molecule has 2 aromatic heterocycles. The monoisotopic (exact) mass is 739 g/mol. The minimum absolute atomic E-state index is 0.0189. The zero-order valence-electron chi connectivity index (χ0n) is 23.9. The number of carbonyl (C=O) groups excluding carboxylic acids is 4. The second-order valence-electron chi connectivity index (χ2n) is 10.8. The summed E-state index contributed by atoms with van der Waals surface area (Å²) in [5, 5.41) is 8.45. The minimum Gasteiger partial charge on any atom is -0.466 e. The van der Waals surface area contributed by atoms with Crippen molar-refractivity contribution >= 4 is 72.6 Å². The Morgan fingerprint density at radius 1 is 1.23 bits per heavy atom. The number of anilines is 1. The second-order valence-corrected chi connectivity index (χ2v) is 14.1. The molecule has 2 aromatic rings. The van der Waals surface area contributed by atoms with E-state index in [4.69, 9.17) is 0 Å². The number of carbonyl (C=O) groups is 4. The molecule has 2 fully saturated rings. The van der Waals surface area contributed by atoms with E-state index in [1.165, 1.54) is 54.2 Å². The first-order chi connectivity index (χ1) is 20.5. The smallest absolute Gasteiger partial charge is 0.330 e. The van der Waals surface area contributed by atoms with Crippen molar-refractivity contribution in [2.75, 3.05) is 26.0 Å². The van der Waals surface area contributed by atoms with Gasteiger partial charge in [-0.2, -0.15) is 0 Å². The first-order valence-electron chi connectivity index (χ1n) is 14.1. The molecule has 3 amide bonds. The molecule has 3 N–H and O–H groups in total. The molecule has 0 aromatic carbocycles. The molecule has 11 nitrogen and oxygen atoms in total. The van der Waals surface area contributed by atoms with Crippen molar-refractivity contribution < 1.29 is 23.9 Å². The lowest BCUT2D eigenvalue weighted by atomic mass is 9.76. The fourth-order valence-corrected chi connectivity index (χ4v) is 8.24. The highest BCUT2D eigenvalue weighted by Gasteiger charge is 2.37. The molecule has 14 heteroatoms. The Bertz CT molecular complexity index is 1440. The first kappa shape index (κ1) is 33.1. The summed E-state index contributed by atoms with van der Waals surface area (Å²) in [7, 11) is 3.28. The van der Waals surface area contributed by atoms with Crippen LogP contribution in [0.4, 0.5) is 5.69 Å². The number of ether oxygens (including phenoxy) is 1. The van der Waals surface area contributed by atoms with E-state index in [1.807, 2.05) is 7.05 Å². The summed E-state index contributed by atoms with van der Waals surface area (Å²) in [6, 6.07) is 3.74. The van der Waals surface area contributed by atoms with Crippen LogP contribution in [0.1, 0.15) is 48.2 Å². The fourth-order valence-electron chi connectivity index (χ4n) is 5.73. The number of amides is 3. The summed E-state index contributed by atoms with van der Waals surface area (Å²) in [4.78, 5) is 66.6. The number of allylic oxidation sites excluding steroid dienone is 1. The number of nitrogens with one attached hydrogen (secondary N) is 3. The van der Waals surface area contributed by atoms with Crippen LogP contribution in [-0.4, -0.2) is 66.1 Å². The lowest BCUT2D eigenvalue weighted by molar-refractivity contribution is -0.134. The van der Waals surface area contributed by atoms with Crippen LogP contribution in [-0.2, 0) is 25.7 Å². The highest BCUT2D eigenvalue weighted by molar-refractivity contribution is 9.11. The normalized spacial score (nSPS) is 20.8. The number of piperidine rings is 1. The largest absolute Gasteiger partial charge is 0.466 e. The van der Waals surface area contributed by atoms with E-state index in [1.54, 1.807) is 18.2 Å². The van der Waals surface area contributed by atoms with E-state index in [-0.39, 0.29) is 37.1 Å². The van der Waals surface area contributed by atoms with Crippen LogP contribution in [0.2, 0.25) is 0 Å². The van der Waals surface area contributed by atoms with Crippen molar-refractivity contribution in [1.29, 1.82) is 0 Å². The Kier molecular flexibility index (Phi) is 11.7. The Morgan fingerprint density at radius 3 is 2.74 bits per heavy atom. The predicted molar refractivity (Wildman–Crippen MR) is 171 cm³/mol. The maximum Gasteiger partial charge on any atom is 0.330 e. The number of halogens is 2. The maximum atomic E-state index is 13.3. The zero-order valence-corrected chi connectivity index (χ0v) is 27.9. The maximum absolute atomic E-state index is 13.3. The average molecular weight is 742 g/mol. The number of esters is 1. The molecule has 2 bridgehead atoms. The second kappa shape index (κ2) is 15.3. The van der Waals surface area contributed by atoms with Crippen molar-refractivity contribution in [3.05, 3.63) is 60.0 Å². The van der Waals surface area contributed by atoms with Gasteiger partial charge in [0.15, 0.2) is 0 Å². The van der Waals surface area contributed by atoms with E-state index in [0.29, 0.717) is 21.2 Å². The van der Waals surface area contributed by atoms with Gasteiger partial charge >= 0.3 is 5.97 Å².